The van der Waals surface area contributed by atoms with Crippen molar-refractivity contribution < 1.29 is 40.2 Å². The maximum Gasteiger partial charge on any atom is 0.316 e. The fourth-order valence-electron chi connectivity index (χ4n) is 0.130. The molecule has 1 unspecified atom stereocenters. The van der Waals surface area contributed by atoms with Crippen molar-refractivity contribution >= 4 is 8.25 Å². The minimum Gasteiger partial charge on any atom is -0.326 e. The second-order valence-electron chi connectivity index (χ2n) is 0.866. The Morgan fingerprint density at radius 1 is 1.88 bits per heavy atom. The van der Waals surface area contributed by atoms with Crippen molar-refractivity contribution in [3.05, 3.63) is 12.7 Å². The van der Waals surface area contributed by atoms with Crippen LogP contribution in [0.2, 0.25) is 0 Å². The van der Waals surface area contributed by atoms with E-state index in [-0.39, 0.29) is 32.8 Å². The van der Waals surface area contributed by atoms with Gasteiger partial charge < -0.3 is 9.42 Å². The van der Waals surface area contributed by atoms with E-state index in [1.165, 1.54) is 6.08 Å². The SMILES string of the molecule is C=CCO[PH](=O)O.[Zr]. The molecule has 0 bridgehead atoms. The number of hydrogen-bond acceptors (Lipinski definition) is 2. The van der Waals surface area contributed by atoms with Gasteiger partial charge in [-0.15, -0.1) is 6.58 Å². The molecular formula is C3H7O3PZr. The fourth-order valence-corrected chi connectivity index (χ4v) is 0.391. The summed E-state index contributed by atoms with van der Waals surface area (Å²) in [5.41, 5.74) is 0. The molecule has 3 nitrogen and oxygen atoms in total. The summed E-state index contributed by atoms with van der Waals surface area (Å²) in [6.07, 6.45) is 1.42. The van der Waals surface area contributed by atoms with Crippen molar-refractivity contribution in [2.75, 3.05) is 6.61 Å². The summed E-state index contributed by atoms with van der Waals surface area (Å²) in [6, 6.07) is 0. The summed E-state index contributed by atoms with van der Waals surface area (Å²) in [6.45, 7) is 3.42. The van der Waals surface area contributed by atoms with E-state index in [9.17, 15) is 4.57 Å². The zero-order chi connectivity index (χ0) is 5.70. The van der Waals surface area contributed by atoms with Crippen LogP contribution in [0.4, 0.5) is 0 Å². The predicted octanol–water partition coefficient (Wildman–Crippen LogP) is 0.568. The molecule has 0 rings (SSSR count). The minimum absolute atomic E-state index is 0. The van der Waals surface area contributed by atoms with Crippen molar-refractivity contribution in [3.8, 4) is 0 Å². The van der Waals surface area contributed by atoms with Crippen molar-refractivity contribution in [1.82, 2.24) is 0 Å². The maximum absolute atomic E-state index is 9.67. The van der Waals surface area contributed by atoms with Crippen molar-refractivity contribution in [3.63, 3.8) is 0 Å². The van der Waals surface area contributed by atoms with Crippen LogP contribution >= 0.6 is 8.25 Å². The Balaban J connectivity index is 0. The summed E-state index contributed by atoms with van der Waals surface area (Å²) < 4.78 is 13.8. The molecule has 0 amide bonds. The molecule has 46 valence electrons. The Labute approximate surface area is 67.8 Å². The fraction of sp³-hybridized carbons (Fsp3) is 0.333. The smallest absolute Gasteiger partial charge is 0.316 e. The third kappa shape index (κ3) is 9.91. The molecule has 0 aliphatic carbocycles. The molecule has 0 heterocycles. The van der Waals surface area contributed by atoms with Crippen molar-refractivity contribution in [2.24, 2.45) is 0 Å². The van der Waals surface area contributed by atoms with Crippen LogP contribution in [-0.4, -0.2) is 11.5 Å². The van der Waals surface area contributed by atoms with Crippen LogP contribution in [0.25, 0.3) is 0 Å². The third-order valence-electron chi connectivity index (χ3n) is 0.325. The quantitative estimate of drug-likeness (QED) is 0.550. The van der Waals surface area contributed by atoms with E-state index in [2.05, 4.69) is 11.1 Å². The summed E-state index contributed by atoms with van der Waals surface area (Å²) >= 11 is 0. The first kappa shape index (κ1) is 11.6. The third-order valence-corrected chi connectivity index (χ3v) is 0.738. The topological polar surface area (TPSA) is 46.5 Å². The van der Waals surface area contributed by atoms with Gasteiger partial charge in [-0.1, -0.05) is 6.08 Å². The molecule has 0 saturated carbocycles. The van der Waals surface area contributed by atoms with Gasteiger partial charge in [0.1, 0.15) is 0 Å². The first-order valence-corrected chi connectivity index (χ1v) is 3.00. The summed E-state index contributed by atoms with van der Waals surface area (Å²) in [5, 5.41) is 0. The van der Waals surface area contributed by atoms with Gasteiger partial charge in [0.2, 0.25) is 0 Å². The van der Waals surface area contributed by atoms with Crippen LogP contribution in [0.1, 0.15) is 0 Å². The molecule has 8 heavy (non-hydrogen) atoms. The average molecular weight is 213 g/mol. The molecule has 0 aliphatic rings. The molecular weight excluding hydrogens is 206 g/mol. The van der Waals surface area contributed by atoms with E-state index < -0.39 is 8.25 Å². The number of hydrogen-bond donors (Lipinski definition) is 1. The van der Waals surface area contributed by atoms with Gasteiger partial charge in [-0.3, -0.25) is 4.57 Å². The van der Waals surface area contributed by atoms with Crippen molar-refractivity contribution in [1.29, 1.82) is 0 Å². The standard InChI is InChI=1S/C3H7O3P.Zr/c1-2-3-6-7(4)5;/h2,7H,1,3H2,(H,4,5);. The van der Waals surface area contributed by atoms with Gasteiger partial charge in [0.15, 0.2) is 0 Å². The molecule has 0 saturated heterocycles. The molecule has 1 N–H and O–H groups in total. The van der Waals surface area contributed by atoms with E-state index in [1.807, 2.05) is 0 Å². The Kier molecular flexibility index (Phi) is 11.2. The van der Waals surface area contributed by atoms with E-state index in [4.69, 9.17) is 4.89 Å². The minimum atomic E-state index is -2.72. The van der Waals surface area contributed by atoms with Crippen LogP contribution in [0.15, 0.2) is 12.7 Å². The molecule has 0 aromatic carbocycles. The largest absolute Gasteiger partial charge is 0.326 e. The molecule has 0 fully saturated rings. The Bertz CT molecular complexity index is 84.6. The molecule has 5 heteroatoms. The van der Waals surface area contributed by atoms with Crippen LogP contribution in [-0.2, 0) is 35.3 Å². The molecule has 0 aromatic rings. The monoisotopic (exact) mass is 212 g/mol. The van der Waals surface area contributed by atoms with Gasteiger partial charge in [-0.25, -0.2) is 0 Å². The summed E-state index contributed by atoms with van der Waals surface area (Å²) in [4.78, 5) is 7.96. The van der Waals surface area contributed by atoms with E-state index in [0.29, 0.717) is 0 Å². The Hall–Kier alpha value is 0.773. The zero-order valence-corrected chi connectivity index (χ0v) is 7.71. The van der Waals surface area contributed by atoms with E-state index in [1.54, 1.807) is 0 Å². The van der Waals surface area contributed by atoms with E-state index >= 15 is 0 Å². The van der Waals surface area contributed by atoms with Gasteiger partial charge in [-0.05, 0) is 0 Å². The van der Waals surface area contributed by atoms with Gasteiger partial charge in [0, 0.05) is 26.2 Å². The average Bonchev–Trinajstić information content (AvgIpc) is 1.61. The van der Waals surface area contributed by atoms with E-state index in [0.717, 1.165) is 0 Å². The van der Waals surface area contributed by atoms with Crippen LogP contribution in [0.5, 0.6) is 0 Å². The molecule has 1 atom stereocenters. The summed E-state index contributed by atoms with van der Waals surface area (Å²) in [5.74, 6) is 0. The molecule has 0 aliphatic heterocycles. The van der Waals surface area contributed by atoms with Crippen molar-refractivity contribution in [2.45, 2.75) is 0 Å². The first-order chi connectivity index (χ1) is 3.27. The van der Waals surface area contributed by atoms with Gasteiger partial charge >= 0.3 is 8.25 Å². The maximum atomic E-state index is 9.67. The molecule has 0 spiro atoms. The zero-order valence-electron chi connectivity index (χ0n) is 4.26. The number of rotatable bonds is 3. The molecule has 0 aromatic heterocycles. The van der Waals surface area contributed by atoms with Gasteiger partial charge in [0.25, 0.3) is 0 Å². The predicted molar refractivity (Wildman–Crippen MR) is 27.4 cm³/mol. The summed E-state index contributed by atoms with van der Waals surface area (Å²) in [7, 11) is -2.72. The molecule has 0 radical (unpaired) electrons. The normalized spacial score (nSPS) is 11.6. The Morgan fingerprint density at radius 3 is 2.50 bits per heavy atom. The van der Waals surface area contributed by atoms with Crippen LogP contribution < -0.4 is 0 Å². The van der Waals surface area contributed by atoms with Gasteiger partial charge in [-0.2, -0.15) is 0 Å². The van der Waals surface area contributed by atoms with Gasteiger partial charge in [0.05, 0.1) is 6.61 Å². The Morgan fingerprint density at radius 2 is 2.38 bits per heavy atom. The van der Waals surface area contributed by atoms with Crippen LogP contribution in [0, 0.1) is 0 Å². The first-order valence-electron chi connectivity index (χ1n) is 1.74. The second-order valence-corrected chi connectivity index (χ2v) is 1.69. The van der Waals surface area contributed by atoms with Crippen LogP contribution in [0.3, 0.4) is 0 Å². The second kappa shape index (κ2) is 7.77.